The molecular weight excluding hydrogens is 1070 g/mol. The zero-order valence-electron chi connectivity index (χ0n) is 32.1. The predicted molar refractivity (Wildman–Crippen MR) is 208 cm³/mol. The van der Waals surface area contributed by atoms with Gasteiger partial charge in [0.1, 0.15) is 25.4 Å². The number of nitrogens with zero attached hydrogens (tertiary/aromatic N) is 4. The first-order valence-corrected chi connectivity index (χ1v) is 21.9. The molecule has 1 aromatic heterocycles. The Morgan fingerprint density at radius 2 is 1.19 bits per heavy atom. The zero-order valence-corrected chi connectivity index (χ0v) is 46.6. The van der Waals surface area contributed by atoms with Crippen LogP contribution in [0, 0.1) is 0 Å². The van der Waals surface area contributed by atoms with Crippen LogP contribution in [0.5, 0.6) is 0 Å². The number of hydrogen-bond acceptors (Lipinski definition) is 17. The monoisotopic (exact) mass is 1090 g/mol. The van der Waals surface area contributed by atoms with Crippen molar-refractivity contribution in [2.75, 3.05) is 16.2 Å². The van der Waals surface area contributed by atoms with E-state index in [2.05, 4.69) is 36.3 Å². The van der Waals surface area contributed by atoms with E-state index in [1.54, 1.807) is 12.1 Å². The third kappa shape index (κ3) is 14.0. The maximum absolute atomic E-state index is 13.6. The molecule has 0 atom stereocenters. The molecule has 2 aliphatic rings. The Morgan fingerprint density at radius 1 is 0.619 bits per heavy atom. The van der Waals surface area contributed by atoms with Crippen LogP contribution in [0.25, 0.3) is 12.2 Å². The van der Waals surface area contributed by atoms with Gasteiger partial charge in [-0.05, 0) is 83.4 Å². The molecule has 3 aromatic carbocycles. The SMILES string of the molecule is O=C1C=Cc2cc(NNc3ccc(Nc4nc(Cl)nc(Cl)c4Cl)cc3)c(S(=O)(=O)O)cc2C1=NN=C1C(=O)c2c(cc(S(=O)(=O)O)cc2S(=O)(=O)O)C=C1S(=O)(=O)O.[Cu].[Na+].[Na+].[Na+].[Na+]. The molecule has 63 heavy (non-hydrogen) atoms. The largest absolute Gasteiger partial charge is 1.00 e. The van der Waals surface area contributed by atoms with Crippen LogP contribution in [-0.4, -0.2) is 84.8 Å². The number of hydrogen-bond donors (Lipinski definition) is 7. The zero-order chi connectivity index (χ0) is 42.7. The van der Waals surface area contributed by atoms with Crippen LogP contribution >= 0.6 is 34.8 Å². The first-order valence-electron chi connectivity index (χ1n) is 15.0. The number of benzene rings is 3. The number of fused-ring (bicyclic) bond motifs is 2. The van der Waals surface area contributed by atoms with E-state index in [1.165, 1.54) is 18.2 Å². The van der Waals surface area contributed by atoms with Gasteiger partial charge in [-0.1, -0.05) is 29.3 Å². The van der Waals surface area contributed by atoms with Gasteiger partial charge in [0.05, 0.1) is 21.8 Å². The smallest absolute Gasteiger partial charge is 0.339 e. The van der Waals surface area contributed by atoms with E-state index < -0.39 is 94.2 Å². The molecule has 0 amide bonds. The summed E-state index contributed by atoms with van der Waals surface area (Å²) < 4.78 is 137. The molecule has 4 aromatic rings. The van der Waals surface area contributed by atoms with Gasteiger partial charge in [-0.15, -0.1) is 10.2 Å². The van der Waals surface area contributed by atoms with Crippen LogP contribution in [0.1, 0.15) is 27.0 Å². The van der Waals surface area contributed by atoms with Gasteiger partial charge in [0.2, 0.25) is 16.9 Å². The molecule has 2 aliphatic carbocycles. The molecule has 1 radical (unpaired) electrons. The summed E-state index contributed by atoms with van der Waals surface area (Å²) in [5, 5.41) is 9.76. The number of allylic oxidation sites excluding steroid dienone is 2. The van der Waals surface area contributed by atoms with Gasteiger partial charge in [-0.25, -0.2) is 4.98 Å². The maximum atomic E-state index is 13.6. The van der Waals surface area contributed by atoms with Crippen molar-refractivity contribution in [2.24, 2.45) is 10.2 Å². The molecule has 0 unspecified atom stereocenters. The Labute approximate surface area is 471 Å². The quantitative estimate of drug-likeness (QED) is 0.0255. The van der Waals surface area contributed by atoms with Crippen molar-refractivity contribution in [3.8, 4) is 0 Å². The minimum Gasteiger partial charge on any atom is -0.339 e. The number of anilines is 4. The van der Waals surface area contributed by atoms with E-state index in [0.717, 1.165) is 18.2 Å². The van der Waals surface area contributed by atoms with Crippen LogP contribution in [0.4, 0.5) is 22.9 Å². The number of carbonyl (C=O) groups excluding carboxylic acids is 2. The second-order valence-electron chi connectivity index (χ2n) is 11.6. The molecule has 0 saturated carbocycles. The number of hydrazine groups is 1. The van der Waals surface area contributed by atoms with Gasteiger partial charge in [0.15, 0.2) is 16.7 Å². The first kappa shape index (κ1) is 60.3. The standard InChI is InChI=1S/C30H18Cl3N7O14S4.Cu.4Na/c31-24-28(32)35-30(33)36-29(24)34-14-2-4-15(5-3-14)37-38-18-8-12-1-6-19(41)25(17(12)11-20(18)56(46,47)48)39-40-26-22(58(52,53)54)9-13-7-16(55(43,44)45)10-21(57(49,50)51)23(13)27(26)42;;;;;/h1-11,37-38H,(H,34,35,36)(H,43,44,45)(H,46,47,48)(H,49,50,51)(H,52,53,54);;;;;/q;;4*+1. The Bertz CT molecular complexity index is 3130. The summed E-state index contributed by atoms with van der Waals surface area (Å²) in [5.41, 5.74) is 1.58. The minimum absolute atomic E-state index is 0. The van der Waals surface area contributed by atoms with Crippen molar-refractivity contribution in [1.82, 2.24) is 9.97 Å². The summed E-state index contributed by atoms with van der Waals surface area (Å²) in [4.78, 5) is 29.5. The molecule has 313 valence electrons. The Balaban J connectivity index is 0.00000397. The summed E-state index contributed by atoms with van der Waals surface area (Å²) in [6, 6.07) is 8.74. The number of Topliss-reactive ketones (excluding diaryl/α,β-unsaturated/α-hetero) is 1. The molecule has 7 N–H and O–H groups in total. The second-order valence-corrected chi connectivity index (χ2v) is 18.2. The van der Waals surface area contributed by atoms with Crippen molar-refractivity contribution in [2.45, 2.75) is 14.7 Å². The van der Waals surface area contributed by atoms with Gasteiger partial charge in [0.25, 0.3) is 40.5 Å². The average Bonchev–Trinajstić information content (AvgIpc) is 3.11. The second kappa shape index (κ2) is 23.1. The van der Waals surface area contributed by atoms with Crippen LogP contribution in [0.2, 0.25) is 15.5 Å². The van der Waals surface area contributed by atoms with Gasteiger partial charge < -0.3 is 10.7 Å². The molecule has 0 bridgehead atoms. The van der Waals surface area contributed by atoms with Crippen LogP contribution < -0.4 is 134 Å². The summed E-state index contributed by atoms with van der Waals surface area (Å²) >= 11 is 17.9. The van der Waals surface area contributed by atoms with Gasteiger partial charge in [-0.3, -0.25) is 33.2 Å². The Hall–Kier alpha value is -0.671. The van der Waals surface area contributed by atoms with E-state index >= 15 is 0 Å². The maximum Gasteiger partial charge on any atom is 1.00 e. The topological polar surface area (TPSA) is 338 Å². The van der Waals surface area contributed by atoms with Crippen molar-refractivity contribution in [1.29, 1.82) is 0 Å². The van der Waals surface area contributed by atoms with E-state index in [1.807, 2.05) is 0 Å². The third-order valence-electron chi connectivity index (χ3n) is 7.78. The molecule has 0 spiro atoms. The number of ketones is 2. The molecule has 33 heteroatoms. The van der Waals surface area contributed by atoms with Gasteiger partial charge in [-0.2, -0.15) is 38.7 Å². The molecule has 6 rings (SSSR count). The van der Waals surface area contributed by atoms with Crippen LogP contribution in [0.3, 0.4) is 0 Å². The molecule has 0 fully saturated rings. The fraction of sp³-hybridized carbons (Fsp3) is 0. The third-order valence-corrected chi connectivity index (χ3v) is 12.1. The van der Waals surface area contributed by atoms with Crippen molar-refractivity contribution < 1.29 is 197 Å². The van der Waals surface area contributed by atoms with Crippen molar-refractivity contribution in [3.63, 3.8) is 0 Å². The van der Waals surface area contributed by atoms with E-state index in [0.29, 0.717) is 23.5 Å². The first-order chi connectivity index (χ1) is 26.8. The predicted octanol–water partition coefficient (Wildman–Crippen LogP) is -7.76. The normalized spacial score (nSPS) is 14.6. The summed E-state index contributed by atoms with van der Waals surface area (Å²) in [7, 11) is -21.3. The number of aromatic nitrogens is 2. The number of nitrogens with one attached hydrogen (secondary N) is 3. The van der Waals surface area contributed by atoms with E-state index in [-0.39, 0.29) is 179 Å². The fourth-order valence-electron chi connectivity index (χ4n) is 5.27. The summed E-state index contributed by atoms with van der Waals surface area (Å²) in [6.07, 6.45) is 2.51. The van der Waals surface area contributed by atoms with Crippen LogP contribution in [-0.2, 0) is 62.3 Å². The van der Waals surface area contributed by atoms with Gasteiger partial charge in [0, 0.05) is 28.3 Å². The summed E-state index contributed by atoms with van der Waals surface area (Å²) in [6.45, 7) is 0. The fourth-order valence-corrected chi connectivity index (χ4v) is 8.46. The molecule has 0 saturated heterocycles. The number of rotatable bonds is 10. The van der Waals surface area contributed by atoms with Crippen molar-refractivity contribution >= 4 is 133 Å². The van der Waals surface area contributed by atoms with E-state index in [9.17, 15) is 61.5 Å². The average molecular weight is 1090 g/mol. The minimum atomic E-state index is -5.49. The number of halogens is 3. The number of carbonyl (C=O) groups is 2. The Kier molecular flexibility index (Phi) is 22.1. The molecule has 1 heterocycles. The molecular formula is C30H18Cl3CuN7Na4O14S4+4. The van der Waals surface area contributed by atoms with Crippen molar-refractivity contribution in [3.05, 3.63) is 97.2 Å². The van der Waals surface area contributed by atoms with E-state index in [4.69, 9.17) is 34.8 Å². The van der Waals surface area contributed by atoms with Gasteiger partial charge >= 0.3 is 118 Å². The molecule has 0 aliphatic heterocycles. The van der Waals surface area contributed by atoms with Crippen LogP contribution in [0.15, 0.2) is 84.4 Å². The summed E-state index contributed by atoms with van der Waals surface area (Å²) in [5.74, 6) is -2.58. The Morgan fingerprint density at radius 3 is 1.75 bits per heavy atom. The molecule has 21 nitrogen and oxygen atoms in total.